The number of carbonyl (C=O) groups excluding carboxylic acids is 2. The lowest BCUT2D eigenvalue weighted by molar-refractivity contribution is -0.152. The standard InChI is InChI=1S/C7H13N3O4/c8-3-1-2-7(10,6(13)14)4(11)5(9)12/h1-3,8,10H2,(H2,9,12)(H,13,14)/t7-/m1/s1. The van der Waals surface area contributed by atoms with Crippen molar-refractivity contribution in [3.05, 3.63) is 0 Å². The van der Waals surface area contributed by atoms with Crippen molar-refractivity contribution in [3.8, 4) is 0 Å². The molecule has 0 radical (unpaired) electrons. The van der Waals surface area contributed by atoms with Crippen molar-refractivity contribution >= 4 is 17.7 Å². The number of rotatable bonds is 6. The molecule has 0 rings (SSSR count). The molecule has 0 aromatic carbocycles. The van der Waals surface area contributed by atoms with Gasteiger partial charge in [-0.1, -0.05) is 0 Å². The third-order valence-electron chi connectivity index (χ3n) is 1.79. The largest absolute Gasteiger partial charge is 0.480 e. The Morgan fingerprint density at radius 2 is 1.79 bits per heavy atom. The van der Waals surface area contributed by atoms with E-state index in [-0.39, 0.29) is 19.4 Å². The molecule has 0 aliphatic heterocycles. The van der Waals surface area contributed by atoms with Gasteiger partial charge in [0, 0.05) is 0 Å². The zero-order valence-electron chi connectivity index (χ0n) is 7.53. The van der Waals surface area contributed by atoms with Crippen molar-refractivity contribution in [2.45, 2.75) is 18.4 Å². The van der Waals surface area contributed by atoms with E-state index in [2.05, 4.69) is 5.73 Å². The van der Waals surface area contributed by atoms with Crippen LogP contribution in [0.1, 0.15) is 12.8 Å². The summed E-state index contributed by atoms with van der Waals surface area (Å²) in [5.41, 5.74) is 12.8. The lowest BCUT2D eigenvalue weighted by atomic mass is 9.89. The minimum absolute atomic E-state index is 0.179. The minimum Gasteiger partial charge on any atom is -0.480 e. The van der Waals surface area contributed by atoms with Gasteiger partial charge in [-0.05, 0) is 19.4 Å². The molecule has 7 heteroatoms. The summed E-state index contributed by atoms with van der Waals surface area (Å²) < 4.78 is 0. The SMILES string of the molecule is NCCC[C@](N)(C(=O)O)C(=O)C(N)=O. The molecule has 0 unspecified atom stereocenters. The second-order valence-electron chi connectivity index (χ2n) is 2.86. The summed E-state index contributed by atoms with van der Waals surface area (Å²) in [5.74, 6) is -4.24. The Morgan fingerprint density at radius 1 is 1.29 bits per heavy atom. The molecule has 0 spiro atoms. The summed E-state index contributed by atoms with van der Waals surface area (Å²) in [6, 6.07) is 0. The van der Waals surface area contributed by atoms with Crippen LogP contribution in [-0.4, -0.2) is 34.8 Å². The zero-order valence-corrected chi connectivity index (χ0v) is 7.53. The van der Waals surface area contributed by atoms with E-state index in [0.717, 1.165) is 0 Å². The van der Waals surface area contributed by atoms with Crippen LogP contribution in [0.2, 0.25) is 0 Å². The molecule has 0 aromatic rings. The van der Waals surface area contributed by atoms with Crippen molar-refractivity contribution in [3.63, 3.8) is 0 Å². The van der Waals surface area contributed by atoms with Crippen LogP contribution in [0.5, 0.6) is 0 Å². The second-order valence-corrected chi connectivity index (χ2v) is 2.86. The third-order valence-corrected chi connectivity index (χ3v) is 1.79. The Morgan fingerprint density at radius 3 is 2.07 bits per heavy atom. The lowest BCUT2D eigenvalue weighted by Gasteiger charge is -2.20. The van der Waals surface area contributed by atoms with E-state index in [9.17, 15) is 14.4 Å². The number of ketones is 1. The van der Waals surface area contributed by atoms with E-state index in [1.807, 2.05) is 0 Å². The van der Waals surface area contributed by atoms with Gasteiger partial charge >= 0.3 is 5.97 Å². The van der Waals surface area contributed by atoms with E-state index in [1.54, 1.807) is 0 Å². The molecule has 0 saturated carbocycles. The summed E-state index contributed by atoms with van der Waals surface area (Å²) in [7, 11) is 0. The number of hydrogen-bond acceptors (Lipinski definition) is 5. The third kappa shape index (κ3) is 2.51. The summed E-state index contributed by atoms with van der Waals surface area (Å²) in [5, 5.41) is 8.68. The summed E-state index contributed by atoms with van der Waals surface area (Å²) in [6.45, 7) is 0.179. The van der Waals surface area contributed by atoms with Crippen molar-refractivity contribution in [2.24, 2.45) is 17.2 Å². The second kappa shape index (κ2) is 4.68. The average Bonchev–Trinajstić information content (AvgIpc) is 2.12. The number of carboxylic acids is 1. The minimum atomic E-state index is -2.24. The highest BCUT2D eigenvalue weighted by molar-refractivity contribution is 6.43. The number of carboxylic acid groups (broad SMARTS) is 1. The molecule has 7 N–H and O–H groups in total. The predicted octanol–water partition coefficient (Wildman–Crippen LogP) is -2.44. The van der Waals surface area contributed by atoms with Crippen molar-refractivity contribution < 1.29 is 19.5 Å². The van der Waals surface area contributed by atoms with Gasteiger partial charge in [-0.15, -0.1) is 0 Å². The number of carbonyl (C=O) groups is 3. The van der Waals surface area contributed by atoms with Gasteiger partial charge in [-0.25, -0.2) is 4.79 Å². The van der Waals surface area contributed by atoms with Gasteiger partial charge in [-0.3, -0.25) is 9.59 Å². The molecule has 7 nitrogen and oxygen atoms in total. The topological polar surface area (TPSA) is 150 Å². The molecule has 0 aliphatic carbocycles. The first-order chi connectivity index (χ1) is 6.36. The molecule has 1 atom stereocenters. The molecule has 0 heterocycles. The molecule has 0 bridgehead atoms. The van der Waals surface area contributed by atoms with Crippen LogP contribution in [0.3, 0.4) is 0 Å². The van der Waals surface area contributed by atoms with Gasteiger partial charge in [0.1, 0.15) is 0 Å². The van der Waals surface area contributed by atoms with Gasteiger partial charge in [0.05, 0.1) is 0 Å². The fourth-order valence-electron chi connectivity index (χ4n) is 0.918. The number of nitrogens with two attached hydrogens (primary N) is 3. The van der Waals surface area contributed by atoms with E-state index >= 15 is 0 Å². The van der Waals surface area contributed by atoms with Crippen LogP contribution >= 0.6 is 0 Å². The van der Waals surface area contributed by atoms with E-state index in [4.69, 9.17) is 16.6 Å². The molecule has 0 aromatic heterocycles. The maximum absolute atomic E-state index is 11.1. The Labute approximate surface area is 80.2 Å². The fourth-order valence-corrected chi connectivity index (χ4v) is 0.918. The van der Waals surface area contributed by atoms with Gasteiger partial charge in [0.2, 0.25) is 0 Å². The molecule has 0 saturated heterocycles. The highest BCUT2D eigenvalue weighted by atomic mass is 16.4. The van der Waals surface area contributed by atoms with Gasteiger partial charge in [-0.2, -0.15) is 0 Å². The molecule has 1 amide bonds. The predicted molar refractivity (Wildman–Crippen MR) is 47.0 cm³/mol. The molecule has 0 aliphatic rings. The average molecular weight is 203 g/mol. The molecular weight excluding hydrogens is 190 g/mol. The van der Waals surface area contributed by atoms with E-state index < -0.39 is 23.2 Å². The quantitative estimate of drug-likeness (QED) is 0.278. The first-order valence-electron chi connectivity index (χ1n) is 3.93. The maximum Gasteiger partial charge on any atom is 0.332 e. The highest BCUT2D eigenvalue weighted by Crippen LogP contribution is 2.11. The van der Waals surface area contributed by atoms with Crippen molar-refractivity contribution in [1.82, 2.24) is 0 Å². The maximum atomic E-state index is 11.1. The van der Waals surface area contributed by atoms with Crippen LogP contribution in [0.4, 0.5) is 0 Å². The number of primary amides is 1. The van der Waals surface area contributed by atoms with Crippen molar-refractivity contribution in [1.29, 1.82) is 0 Å². The van der Waals surface area contributed by atoms with Crippen molar-refractivity contribution in [2.75, 3.05) is 6.54 Å². The summed E-state index contributed by atoms with van der Waals surface area (Å²) in [4.78, 5) is 32.3. The Hall–Kier alpha value is -1.47. The number of hydrogen-bond donors (Lipinski definition) is 4. The summed E-state index contributed by atoms with van der Waals surface area (Å²) >= 11 is 0. The van der Waals surface area contributed by atoms with Crippen LogP contribution in [0, 0.1) is 0 Å². The Kier molecular flexibility index (Phi) is 4.19. The normalized spacial score (nSPS) is 14.4. The number of amides is 1. The Balaban J connectivity index is 4.80. The molecule has 0 fully saturated rings. The van der Waals surface area contributed by atoms with Crippen LogP contribution in [0.15, 0.2) is 0 Å². The molecule has 80 valence electrons. The highest BCUT2D eigenvalue weighted by Gasteiger charge is 2.44. The Bertz CT molecular complexity index is 266. The number of Topliss-reactive ketones (excluding diaryl/α,β-unsaturated/α-hetero) is 1. The van der Waals surface area contributed by atoms with Crippen LogP contribution < -0.4 is 17.2 Å². The van der Waals surface area contributed by atoms with E-state index in [1.165, 1.54) is 0 Å². The molecule has 14 heavy (non-hydrogen) atoms. The van der Waals surface area contributed by atoms with Gasteiger partial charge in [0.25, 0.3) is 11.7 Å². The van der Waals surface area contributed by atoms with Crippen LogP contribution in [-0.2, 0) is 14.4 Å². The first-order valence-corrected chi connectivity index (χ1v) is 3.93. The van der Waals surface area contributed by atoms with Gasteiger partial charge in [0.15, 0.2) is 5.54 Å². The number of aliphatic carboxylic acids is 1. The fraction of sp³-hybridized carbons (Fsp3) is 0.571. The smallest absolute Gasteiger partial charge is 0.332 e. The monoisotopic (exact) mass is 203 g/mol. The molecular formula is C7H13N3O4. The van der Waals surface area contributed by atoms with E-state index in [0.29, 0.717) is 0 Å². The summed E-state index contributed by atoms with van der Waals surface area (Å²) in [6.07, 6.45) is 0.0163. The van der Waals surface area contributed by atoms with Gasteiger partial charge < -0.3 is 22.3 Å². The lowest BCUT2D eigenvalue weighted by Crippen LogP contribution is -2.59. The van der Waals surface area contributed by atoms with Crippen LogP contribution in [0.25, 0.3) is 0 Å². The zero-order chi connectivity index (χ0) is 11.4. The first kappa shape index (κ1) is 12.5.